The van der Waals surface area contributed by atoms with Crippen LogP contribution in [0.25, 0.3) is 0 Å². The molecule has 138 valence electrons. The zero-order chi connectivity index (χ0) is 18.2. The Bertz CT molecular complexity index is 477. The predicted octanol–water partition coefficient (Wildman–Crippen LogP) is 4.43. The van der Waals surface area contributed by atoms with Crippen molar-refractivity contribution in [2.24, 2.45) is 0 Å². The molecule has 0 saturated heterocycles. The van der Waals surface area contributed by atoms with Gasteiger partial charge in [-0.25, -0.2) is 4.79 Å². The number of hydrogen-bond acceptors (Lipinski definition) is 3. The summed E-state index contributed by atoms with van der Waals surface area (Å²) in [4.78, 5) is 20.5. The molecule has 3 N–H and O–H groups in total. The number of aromatic hydroxyl groups is 1. The van der Waals surface area contributed by atoms with Crippen molar-refractivity contribution >= 4 is 41.5 Å². The van der Waals surface area contributed by atoms with Crippen molar-refractivity contribution in [1.82, 2.24) is 0 Å². The fourth-order valence-corrected chi connectivity index (χ4v) is 2.24. The average Bonchev–Trinajstić information content (AvgIpc) is 2.54. The van der Waals surface area contributed by atoms with E-state index in [-0.39, 0.29) is 40.9 Å². The van der Waals surface area contributed by atoms with Crippen molar-refractivity contribution in [3.63, 3.8) is 0 Å². The number of carbonyl (C=O) groups is 2. The van der Waals surface area contributed by atoms with Crippen molar-refractivity contribution in [2.45, 2.75) is 71.1 Å². The molecule has 0 saturated carbocycles. The Balaban J connectivity index is 0. The van der Waals surface area contributed by atoms with Crippen LogP contribution < -0.4 is 0 Å². The second kappa shape index (κ2) is 17.8. The first-order valence-electron chi connectivity index (χ1n) is 8.72. The number of hydrogen-bond donors (Lipinski definition) is 3. The molecule has 6 heteroatoms. The molecule has 0 bridgehead atoms. The summed E-state index contributed by atoms with van der Waals surface area (Å²) in [6.45, 7) is 2.23. The van der Waals surface area contributed by atoms with Gasteiger partial charge in [-0.15, -0.1) is 0 Å². The van der Waals surface area contributed by atoms with Crippen LogP contribution in [0.5, 0.6) is 5.75 Å². The molecule has 5 nitrogen and oxygen atoms in total. The predicted molar refractivity (Wildman–Crippen MR) is 102 cm³/mol. The van der Waals surface area contributed by atoms with Crippen LogP contribution in [0.4, 0.5) is 0 Å². The molecule has 0 radical (unpaired) electrons. The Morgan fingerprint density at radius 3 is 1.72 bits per heavy atom. The maximum absolute atomic E-state index is 10.3. The van der Waals surface area contributed by atoms with Crippen LogP contribution in [0.3, 0.4) is 0 Å². The van der Waals surface area contributed by atoms with Crippen LogP contribution in [0, 0.1) is 0 Å². The summed E-state index contributed by atoms with van der Waals surface area (Å²) in [6.07, 6.45) is 11.5. The number of rotatable bonds is 11. The van der Waals surface area contributed by atoms with Gasteiger partial charge >= 0.3 is 41.5 Å². The van der Waals surface area contributed by atoms with Crippen molar-refractivity contribution in [2.75, 3.05) is 0 Å². The Morgan fingerprint density at radius 1 is 0.840 bits per heavy atom. The minimum atomic E-state index is -1.11. The molecule has 0 amide bonds. The van der Waals surface area contributed by atoms with Crippen molar-refractivity contribution in [3.8, 4) is 5.75 Å². The Labute approximate surface area is 172 Å². The third-order valence-electron chi connectivity index (χ3n) is 3.63. The van der Waals surface area contributed by atoms with Crippen LogP contribution >= 0.6 is 0 Å². The maximum atomic E-state index is 10.3. The van der Waals surface area contributed by atoms with Gasteiger partial charge in [-0.2, -0.15) is 0 Å². The standard InChI is InChI=1S/C12H24O2.C7H6O3.Na.H/c1-2-3-4-5-6-7-8-9-10-11-12(13)14;8-6-4-2-1-3-5(6)7(9)10;;/h2-11H2,1H3,(H,13,14);1-4,8H,(H,9,10);;. The van der Waals surface area contributed by atoms with Gasteiger partial charge in [0.1, 0.15) is 11.3 Å². The third kappa shape index (κ3) is 16.2. The van der Waals surface area contributed by atoms with Crippen LogP contribution in [-0.2, 0) is 4.79 Å². The van der Waals surface area contributed by atoms with Gasteiger partial charge in [0.2, 0.25) is 0 Å². The van der Waals surface area contributed by atoms with E-state index < -0.39 is 11.9 Å². The number of unbranched alkanes of at least 4 members (excludes halogenated alkanes) is 8. The van der Waals surface area contributed by atoms with Crippen molar-refractivity contribution in [1.29, 1.82) is 0 Å². The van der Waals surface area contributed by atoms with E-state index in [1.54, 1.807) is 12.1 Å². The van der Waals surface area contributed by atoms with Gasteiger partial charge in [-0.3, -0.25) is 4.79 Å². The molecule has 0 aliphatic carbocycles. The topological polar surface area (TPSA) is 94.8 Å². The molecular formula is C19H31NaO5. The number of carboxylic acid groups (broad SMARTS) is 2. The summed E-state index contributed by atoms with van der Waals surface area (Å²) in [7, 11) is 0. The fraction of sp³-hybridized carbons (Fsp3) is 0.579. The molecule has 25 heavy (non-hydrogen) atoms. The summed E-state index contributed by atoms with van der Waals surface area (Å²) >= 11 is 0. The fourth-order valence-electron chi connectivity index (χ4n) is 2.24. The molecule has 0 aromatic heterocycles. The Kier molecular flexibility index (Phi) is 18.6. The molecule has 0 aliphatic heterocycles. The average molecular weight is 362 g/mol. The molecule has 0 unspecified atom stereocenters. The number of carboxylic acids is 2. The zero-order valence-corrected chi connectivity index (χ0v) is 14.5. The van der Waals surface area contributed by atoms with E-state index >= 15 is 0 Å². The van der Waals surface area contributed by atoms with Crippen molar-refractivity contribution < 1.29 is 24.9 Å². The van der Waals surface area contributed by atoms with E-state index in [0.717, 1.165) is 12.8 Å². The number of para-hydroxylation sites is 1. The molecule has 0 aliphatic rings. The Hall–Kier alpha value is -1.04. The van der Waals surface area contributed by atoms with E-state index in [2.05, 4.69) is 6.92 Å². The molecule has 1 aromatic carbocycles. The third-order valence-corrected chi connectivity index (χ3v) is 3.63. The molecule has 0 atom stereocenters. The van der Waals surface area contributed by atoms with Gasteiger partial charge in [-0.1, -0.05) is 70.4 Å². The number of phenols is 1. The van der Waals surface area contributed by atoms with E-state index in [4.69, 9.17) is 15.3 Å². The van der Waals surface area contributed by atoms with Crippen LogP contribution in [-0.4, -0.2) is 56.8 Å². The van der Waals surface area contributed by atoms with Crippen LogP contribution in [0.15, 0.2) is 24.3 Å². The van der Waals surface area contributed by atoms with Crippen molar-refractivity contribution in [3.05, 3.63) is 29.8 Å². The minimum absolute atomic E-state index is 0. The number of benzene rings is 1. The van der Waals surface area contributed by atoms with E-state index in [1.807, 2.05) is 0 Å². The SMILES string of the molecule is CCCCCCCCCCCC(=O)O.O=C(O)c1ccccc1O.[NaH]. The van der Waals surface area contributed by atoms with E-state index in [0.29, 0.717) is 6.42 Å². The molecule has 0 heterocycles. The monoisotopic (exact) mass is 362 g/mol. The molecule has 1 rings (SSSR count). The van der Waals surface area contributed by atoms with Gasteiger partial charge in [-0.05, 0) is 18.6 Å². The number of aliphatic carboxylic acids is 1. The summed E-state index contributed by atoms with van der Waals surface area (Å²) in [5.74, 6) is -1.97. The summed E-state index contributed by atoms with van der Waals surface area (Å²) in [5, 5.41) is 25.7. The zero-order valence-electron chi connectivity index (χ0n) is 14.5. The first-order chi connectivity index (χ1) is 11.5. The van der Waals surface area contributed by atoms with Gasteiger partial charge in [0.15, 0.2) is 0 Å². The molecular weight excluding hydrogens is 331 g/mol. The van der Waals surface area contributed by atoms with Gasteiger partial charge in [0, 0.05) is 6.42 Å². The first-order valence-corrected chi connectivity index (χ1v) is 8.72. The second-order valence-corrected chi connectivity index (χ2v) is 5.79. The molecule has 0 fully saturated rings. The number of aromatic carboxylic acids is 1. The first kappa shape index (κ1) is 26.2. The van der Waals surface area contributed by atoms with Gasteiger partial charge in [0.25, 0.3) is 0 Å². The van der Waals surface area contributed by atoms with Crippen LogP contribution in [0.2, 0.25) is 0 Å². The normalized spacial score (nSPS) is 9.48. The summed E-state index contributed by atoms with van der Waals surface area (Å²) in [5.41, 5.74) is -0.0671. The van der Waals surface area contributed by atoms with Crippen LogP contribution in [0.1, 0.15) is 81.5 Å². The Morgan fingerprint density at radius 2 is 1.32 bits per heavy atom. The quantitative estimate of drug-likeness (QED) is 0.400. The molecule has 1 aromatic rings. The van der Waals surface area contributed by atoms with Gasteiger partial charge in [0.05, 0.1) is 0 Å². The summed E-state index contributed by atoms with van der Waals surface area (Å²) in [6, 6.07) is 5.81. The van der Waals surface area contributed by atoms with E-state index in [9.17, 15) is 9.59 Å². The second-order valence-electron chi connectivity index (χ2n) is 5.79. The molecule has 0 spiro atoms. The summed E-state index contributed by atoms with van der Waals surface area (Å²) < 4.78 is 0. The van der Waals surface area contributed by atoms with E-state index in [1.165, 1.54) is 57.1 Å². The van der Waals surface area contributed by atoms with Gasteiger partial charge < -0.3 is 15.3 Å².